The summed E-state index contributed by atoms with van der Waals surface area (Å²) in [5.74, 6) is 0.0945. The molecule has 1 N–H and O–H groups in total. The van der Waals surface area contributed by atoms with Gasteiger partial charge in [-0.05, 0) is 36.4 Å². The van der Waals surface area contributed by atoms with E-state index in [1.165, 1.54) is 49.5 Å². The van der Waals surface area contributed by atoms with Crippen molar-refractivity contribution in [1.29, 1.82) is 5.26 Å². The first-order valence-corrected chi connectivity index (χ1v) is 12.7. The molecular weight excluding hydrogens is 497 g/mol. The topological polar surface area (TPSA) is 131 Å². The number of benzene rings is 2. The first-order valence-electron chi connectivity index (χ1n) is 11.1. The summed E-state index contributed by atoms with van der Waals surface area (Å²) in [7, 11) is -3.46. The number of rotatable bonds is 7. The van der Waals surface area contributed by atoms with Crippen molar-refractivity contribution in [3.8, 4) is 40.6 Å². The van der Waals surface area contributed by atoms with E-state index in [1.807, 2.05) is 12.1 Å². The lowest BCUT2D eigenvalue weighted by Crippen LogP contribution is -2.05. The highest BCUT2D eigenvalue weighted by atomic mass is 32.2. The van der Waals surface area contributed by atoms with Crippen LogP contribution < -0.4 is 9.47 Å². The van der Waals surface area contributed by atoms with Crippen LogP contribution in [0.25, 0.3) is 22.6 Å². The molecule has 0 aliphatic carbocycles. The summed E-state index contributed by atoms with van der Waals surface area (Å²) in [4.78, 5) is 16.0. The molecule has 0 amide bonds. The SMILES string of the molecule is CCS(=O)(=O)c1ccc(Oc2cc(Oc3c(F)cccc3C#N)c3nc(-c4ccccn4)[nH]c3c2)cn1. The number of hydrogen-bond donors (Lipinski definition) is 1. The number of aromatic amines is 1. The lowest BCUT2D eigenvalue weighted by Gasteiger charge is -2.12. The normalized spacial score (nSPS) is 11.3. The predicted octanol–water partition coefficient (Wildman–Crippen LogP) is 5.41. The first-order chi connectivity index (χ1) is 17.9. The maximum Gasteiger partial charge on any atom is 0.195 e. The van der Waals surface area contributed by atoms with E-state index in [-0.39, 0.29) is 39.3 Å². The summed E-state index contributed by atoms with van der Waals surface area (Å²) in [6, 6.07) is 17.3. The molecule has 0 aliphatic rings. The van der Waals surface area contributed by atoms with E-state index in [0.29, 0.717) is 22.6 Å². The van der Waals surface area contributed by atoms with Crippen LogP contribution in [-0.4, -0.2) is 34.1 Å². The molecule has 5 aromatic rings. The summed E-state index contributed by atoms with van der Waals surface area (Å²) in [5.41, 5.74) is 1.45. The van der Waals surface area contributed by atoms with Gasteiger partial charge in [0.1, 0.15) is 28.8 Å². The Kier molecular flexibility index (Phi) is 6.25. The lowest BCUT2D eigenvalue weighted by atomic mass is 10.2. The van der Waals surface area contributed by atoms with Gasteiger partial charge in [-0.1, -0.05) is 19.1 Å². The third-order valence-electron chi connectivity index (χ3n) is 5.38. The molecule has 37 heavy (non-hydrogen) atoms. The minimum absolute atomic E-state index is 0.0110. The number of imidazole rings is 1. The number of ether oxygens (including phenoxy) is 2. The molecule has 0 atom stereocenters. The van der Waals surface area contributed by atoms with Crippen LogP contribution in [0.1, 0.15) is 12.5 Å². The van der Waals surface area contributed by atoms with Gasteiger partial charge in [0.15, 0.2) is 38.0 Å². The molecule has 0 aliphatic heterocycles. The van der Waals surface area contributed by atoms with Gasteiger partial charge in [-0.25, -0.2) is 22.8 Å². The number of fused-ring (bicyclic) bond motifs is 1. The average Bonchev–Trinajstić information content (AvgIpc) is 3.35. The van der Waals surface area contributed by atoms with Crippen LogP contribution in [0, 0.1) is 17.1 Å². The quantitative estimate of drug-likeness (QED) is 0.304. The molecule has 9 nitrogen and oxygen atoms in total. The summed E-state index contributed by atoms with van der Waals surface area (Å²) in [6.07, 6.45) is 2.92. The number of nitrogens with one attached hydrogen (secondary N) is 1. The van der Waals surface area contributed by atoms with Crippen LogP contribution in [0.5, 0.6) is 23.0 Å². The number of nitrogens with zero attached hydrogens (tertiary/aromatic N) is 4. The van der Waals surface area contributed by atoms with Crippen LogP contribution in [-0.2, 0) is 9.84 Å². The number of hydrogen-bond acceptors (Lipinski definition) is 8. The summed E-state index contributed by atoms with van der Waals surface area (Å²) >= 11 is 0. The molecule has 0 bridgehead atoms. The van der Waals surface area contributed by atoms with Crippen LogP contribution in [0.15, 0.2) is 78.1 Å². The standard InChI is InChI=1S/C26H18FN5O4S/c1-2-37(33,34)23-10-9-17(15-30-23)35-18-12-21-24(32-26(31-21)20-8-3-4-11-29-20)22(13-18)36-25-16(14-28)6-5-7-19(25)27/h3-13,15H,2H2,1H3,(H,31,32). The molecule has 0 radical (unpaired) electrons. The molecule has 3 aromatic heterocycles. The number of pyridine rings is 2. The van der Waals surface area contributed by atoms with E-state index < -0.39 is 15.7 Å². The maximum atomic E-state index is 14.6. The van der Waals surface area contributed by atoms with Crippen molar-refractivity contribution in [3.05, 3.63) is 84.4 Å². The van der Waals surface area contributed by atoms with Gasteiger partial charge in [0.25, 0.3) is 0 Å². The summed E-state index contributed by atoms with van der Waals surface area (Å²) < 4.78 is 50.5. The highest BCUT2D eigenvalue weighted by Crippen LogP contribution is 2.38. The molecule has 0 spiro atoms. The second-order valence-electron chi connectivity index (χ2n) is 7.79. The van der Waals surface area contributed by atoms with Crippen LogP contribution in [0.4, 0.5) is 4.39 Å². The zero-order chi connectivity index (χ0) is 26.0. The second kappa shape index (κ2) is 9.67. The van der Waals surface area contributed by atoms with E-state index in [9.17, 15) is 18.1 Å². The molecule has 184 valence electrons. The fourth-order valence-electron chi connectivity index (χ4n) is 3.53. The van der Waals surface area contributed by atoms with E-state index in [4.69, 9.17) is 9.47 Å². The Morgan fingerprint density at radius 3 is 2.59 bits per heavy atom. The largest absolute Gasteiger partial charge is 0.456 e. The van der Waals surface area contributed by atoms with E-state index >= 15 is 0 Å². The lowest BCUT2D eigenvalue weighted by molar-refractivity contribution is 0.436. The van der Waals surface area contributed by atoms with Crippen molar-refractivity contribution >= 4 is 20.9 Å². The van der Waals surface area contributed by atoms with Gasteiger partial charge < -0.3 is 14.5 Å². The van der Waals surface area contributed by atoms with Crippen molar-refractivity contribution < 1.29 is 22.3 Å². The van der Waals surface area contributed by atoms with Crippen molar-refractivity contribution in [2.24, 2.45) is 0 Å². The number of sulfone groups is 1. The molecular formula is C26H18FN5O4S. The molecule has 2 aromatic carbocycles. The monoisotopic (exact) mass is 515 g/mol. The Hall–Kier alpha value is -4.82. The minimum atomic E-state index is -3.46. The van der Waals surface area contributed by atoms with Gasteiger partial charge in [0.05, 0.1) is 23.0 Å². The molecule has 5 rings (SSSR count). The van der Waals surface area contributed by atoms with Gasteiger partial charge in [0.2, 0.25) is 0 Å². The van der Waals surface area contributed by atoms with Crippen molar-refractivity contribution in [1.82, 2.24) is 19.9 Å². The zero-order valence-corrected chi connectivity index (χ0v) is 20.2. The Labute approximate surface area is 211 Å². The Morgan fingerprint density at radius 2 is 1.89 bits per heavy atom. The third kappa shape index (κ3) is 4.82. The number of halogens is 1. The van der Waals surface area contributed by atoms with Gasteiger partial charge in [-0.2, -0.15) is 5.26 Å². The third-order valence-corrected chi connectivity index (χ3v) is 7.01. The minimum Gasteiger partial charge on any atom is -0.456 e. The molecule has 0 fully saturated rings. The molecule has 0 saturated carbocycles. The van der Waals surface area contributed by atoms with Crippen LogP contribution >= 0.6 is 0 Å². The molecule has 0 unspecified atom stereocenters. The number of aromatic nitrogens is 4. The highest BCUT2D eigenvalue weighted by molar-refractivity contribution is 7.91. The first kappa shape index (κ1) is 23.9. The molecule has 0 saturated heterocycles. The van der Waals surface area contributed by atoms with E-state index in [1.54, 1.807) is 24.4 Å². The van der Waals surface area contributed by atoms with Gasteiger partial charge in [-0.3, -0.25) is 4.98 Å². The number of nitriles is 1. The van der Waals surface area contributed by atoms with Crippen molar-refractivity contribution in [2.45, 2.75) is 11.9 Å². The van der Waals surface area contributed by atoms with Crippen LogP contribution in [0.3, 0.4) is 0 Å². The smallest absolute Gasteiger partial charge is 0.195 e. The summed E-state index contributed by atoms with van der Waals surface area (Å²) in [5, 5.41) is 9.38. The second-order valence-corrected chi connectivity index (χ2v) is 10.0. The van der Waals surface area contributed by atoms with Gasteiger partial charge >= 0.3 is 0 Å². The van der Waals surface area contributed by atoms with Gasteiger partial charge in [0, 0.05) is 18.3 Å². The zero-order valence-electron chi connectivity index (χ0n) is 19.3. The van der Waals surface area contributed by atoms with Crippen LogP contribution in [0.2, 0.25) is 0 Å². The number of para-hydroxylation sites is 1. The Balaban J connectivity index is 1.59. The molecule has 11 heteroatoms. The maximum absolute atomic E-state index is 14.6. The fourth-order valence-corrected chi connectivity index (χ4v) is 4.31. The van der Waals surface area contributed by atoms with Gasteiger partial charge in [-0.15, -0.1) is 0 Å². The van der Waals surface area contributed by atoms with E-state index in [2.05, 4.69) is 19.9 Å². The molecule has 3 heterocycles. The highest BCUT2D eigenvalue weighted by Gasteiger charge is 2.19. The van der Waals surface area contributed by atoms with E-state index in [0.717, 1.165) is 0 Å². The average molecular weight is 516 g/mol. The van der Waals surface area contributed by atoms with Crippen molar-refractivity contribution in [2.75, 3.05) is 5.75 Å². The number of H-pyrrole nitrogens is 1. The predicted molar refractivity (Wildman–Crippen MR) is 133 cm³/mol. The Morgan fingerprint density at radius 1 is 1.03 bits per heavy atom. The Bertz CT molecular complexity index is 1750. The fraction of sp³-hybridized carbons (Fsp3) is 0.0769. The van der Waals surface area contributed by atoms with Crippen molar-refractivity contribution in [3.63, 3.8) is 0 Å². The summed E-state index contributed by atoms with van der Waals surface area (Å²) in [6.45, 7) is 1.54.